The van der Waals surface area contributed by atoms with Gasteiger partial charge in [0, 0.05) is 0 Å². The Morgan fingerprint density at radius 2 is 1.50 bits per heavy atom. The summed E-state index contributed by atoms with van der Waals surface area (Å²) >= 11 is 0. The molecule has 0 amide bonds. The van der Waals surface area contributed by atoms with Crippen LogP contribution in [0.1, 0.15) is 0 Å². The minimum absolute atomic E-state index is 0. The van der Waals surface area contributed by atoms with Crippen molar-refractivity contribution >= 4 is 36.3 Å². The number of hydrogen-bond donors (Lipinski definition) is 1. The molecule has 8 heavy (non-hydrogen) atoms. The Labute approximate surface area is 63.9 Å². The summed E-state index contributed by atoms with van der Waals surface area (Å²) in [6.45, 7) is 0. The van der Waals surface area contributed by atoms with Crippen LogP contribution < -0.4 is 0 Å². The van der Waals surface area contributed by atoms with Crippen LogP contribution in [0.4, 0.5) is 8.78 Å². The summed E-state index contributed by atoms with van der Waals surface area (Å²) in [5, 5.41) is 0. The average Bonchev–Trinajstić information content (AvgIpc) is 1.31. The second-order valence-corrected chi connectivity index (χ2v) is 2.16. The van der Waals surface area contributed by atoms with Gasteiger partial charge >= 0.3 is 42.1 Å². The van der Waals surface area contributed by atoms with Gasteiger partial charge in [-0.3, -0.25) is 4.55 Å². The Bertz CT molecular complexity index is 139. The predicted molar refractivity (Wildman–Crippen MR) is 27.5 cm³/mol. The molecule has 0 rings (SSSR count). The van der Waals surface area contributed by atoms with E-state index in [1.807, 2.05) is 0 Å². The van der Waals surface area contributed by atoms with Gasteiger partial charge in [0.15, 0.2) is 0 Å². The third kappa shape index (κ3) is 4.80. The topological polar surface area (TPSA) is 54.4 Å². The second kappa shape index (κ2) is 3.64. The first-order valence-corrected chi connectivity index (χ1v) is 2.69. The second-order valence-electron chi connectivity index (χ2n) is 0.776. The van der Waals surface area contributed by atoms with Crippen LogP contribution in [0.15, 0.2) is 0 Å². The van der Waals surface area contributed by atoms with Crippen molar-refractivity contribution < 1.29 is 21.8 Å². The summed E-state index contributed by atoms with van der Waals surface area (Å²) in [6, 6.07) is 0. The molecule has 0 spiro atoms. The number of halogens is 2. The molecule has 0 unspecified atom stereocenters. The third-order valence-corrected chi connectivity index (χ3v) is 0.675. The van der Waals surface area contributed by atoms with Crippen LogP contribution in [0.3, 0.4) is 0 Å². The van der Waals surface area contributed by atoms with Gasteiger partial charge in [-0.05, 0) is 0 Å². The molecule has 0 aromatic carbocycles. The summed E-state index contributed by atoms with van der Waals surface area (Å²) < 4.78 is 47.0. The molecule has 0 fully saturated rings. The van der Waals surface area contributed by atoms with Crippen LogP contribution in [-0.4, -0.2) is 44.9 Å². The molecule has 7 heteroatoms. The van der Waals surface area contributed by atoms with E-state index >= 15 is 0 Å². The van der Waals surface area contributed by atoms with Gasteiger partial charge in [-0.1, -0.05) is 0 Å². The summed E-state index contributed by atoms with van der Waals surface area (Å²) in [4.78, 5) is 0. The van der Waals surface area contributed by atoms with Crippen LogP contribution in [0.5, 0.6) is 0 Å². The zero-order chi connectivity index (χ0) is 6.08. The van der Waals surface area contributed by atoms with Gasteiger partial charge in [0.2, 0.25) is 0 Å². The molecule has 0 saturated carbocycles. The first kappa shape index (κ1) is 11.4. The monoisotopic (exact) mass is 344 g/mol. The van der Waals surface area contributed by atoms with E-state index in [2.05, 4.69) is 0 Å². The Morgan fingerprint density at radius 1 is 1.38 bits per heavy atom. The standard InChI is InChI=1S/CH2F2O3S.Bi.3H/c2-1(3)7(4,5)6;;;;/h1H,(H,4,5,6);;;;. The molecule has 0 aromatic heterocycles. The van der Waals surface area contributed by atoms with Gasteiger partial charge in [-0.15, -0.1) is 0 Å². The zero-order valence-electron chi connectivity index (χ0n) is 3.71. The molecule has 0 aromatic rings. The van der Waals surface area contributed by atoms with E-state index in [9.17, 15) is 8.78 Å². The average molecular weight is 344 g/mol. The molecule has 0 atom stereocenters. The fourth-order valence-corrected chi connectivity index (χ4v) is 0. The summed E-state index contributed by atoms with van der Waals surface area (Å²) in [5.41, 5.74) is 0. The first-order valence-electron chi connectivity index (χ1n) is 1.19. The van der Waals surface area contributed by atoms with Crippen molar-refractivity contribution in [3.05, 3.63) is 0 Å². The summed E-state index contributed by atoms with van der Waals surface area (Å²) in [6.07, 6.45) is 0. The van der Waals surface area contributed by atoms with E-state index in [-0.39, 0.29) is 26.2 Å². The molecule has 0 heterocycles. The Morgan fingerprint density at radius 3 is 1.50 bits per heavy atom. The van der Waals surface area contributed by atoms with Crippen molar-refractivity contribution in [1.29, 1.82) is 0 Å². The van der Waals surface area contributed by atoms with E-state index in [0.29, 0.717) is 0 Å². The van der Waals surface area contributed by atoms with Crippen molar-refractivity contribution in [3.8, 4) is 0 Å². The minimum atomic E-state index is -5.07. The van der Waals surface area contributed by atoms with Gasteiger partial charge in [-0.25, -0.2) is 0 Å². The summed E-state index contributed by atoms with van der Waals surface area (Å²) in [5.74, 6) is -3.67. The van der Waals surface area contributed by atoms with Crippen LogP contribution >= 0.6 is 0 Å². The van der Waals surface area contributed by atoms with Crippen LogP contribution in [0, 0.1) is 0 Å². The SMILES string of the molecule is O=S(=O)(O)C(F)F.[BiH3]. The molecule has 0 aliphatic carbocycles. The maximum absolute atomic E-state index is 10.7. The third-order valence-electron chi connectivity index (χ3n) is 0.225. The van der Waals surface area contributed by atoms with Gasteiger partial charge in [0.25, 0.3) is 0 Å². The van der Waals surface area contributed by atoms with Crippen molar-refractivity contribution in [2.45, 2.75) is 5.76 Å². The normalized spacial score (nSPS) is 11.0. The van der Waals surface area contributed by atoms with Gasteiger partial charge in [0.05, 0.1) is 0 Å². The quantitative estimate of drug-likeness (QED) is 0.486. The van der Waals surface area contributed by atoms with Gasteiger partial charge < -0.3 is 0 Å². The number of rotatable bonds is 1. The Hall–Kier alpha value is 0.653. The number of hydrogen-bond acceptors (Lipinski definition) is 2. The van der Waals surface area contributed by atoms with E-state index in [4.69, 9.17) is 13.0 Å². The van der Waals surface area contributed by atoms with Crippen molar-refractivity contribution in [2.75, 3.05) is 0 Å². The Balaban J connectivity index is 0. The van der Waals surface area contributed by atoms with E-state index in [1.165, 1.54) is 0 Å². The molecule has 0 radical (unpaired) electrons. The molecule has 0 aliphatic heterocycles. The molecule has 1 N–H and O–H groups in total. The van der Waals surface area contributed by atoms with Gasteiger partial charge in [-0.2, -0.15) is 17.2 Å². The fourth-order valence-electron chi connectivity index (χ4n) is 0. The molecule has 0 bridgehead atoms. The van der Waals surface area contributed by atoms with Crippen molar-refractivity contribution in [1.82, 2.24) is 0 Å². The van der Waals surface area contributed by atoms with Crippen molar-refractivity contribution in [3.63, 3.8) is 0 Å². The molecule has 52 valence electrons. The van der Waals surface area contributed by atoms with Crippen molar-refractivity contribution in [2.24, 2.45) is 0 Å². The Kier molecular flexibility index (Phi) is 5.20. The maximum atomic E-state index is 10.7. The van der Waals surface area contributed by atoms with E-state index in [1.54, 1.807) is 0 Å². The molecular weight excluding hydrogens is 339 g/mol. The van der Waals surface area contributed by atoms with Crippen LogP contribution in [0.25, 0.3) is 0 Å². The van der Waals surface area contributed by atoms with Crippen LogP contribution in [0.2, 0.25) is 0 Å². The first-order chi connectivity index (χ1) is 2.94. The van der Waals surface area contributed by atoms with Crippen LogP contribution in [-0.2, 0) is 10.1 Å². The molecule has 0 saturated heterocycles. The fraction of sp³-hybridized carbons (Fsp3) is 1.00. The number of alkyl halides is 2. The van der Waals surface area contributed by atoms with Gasteiger partial charge in [0.1, 0.15) is 0 Å². The van der Waals surface area contributed by atoms with E-state index in [0.717, 1.165) is 0 Å². The molecular formula is CH5BiF2O3S. The zero-order valence-corrected chi connectivity index (χ0v) is 10.0. The summed E-state index contributed by atoms with van der Waals surface area (Å²) in [7, 11) is -5.07. The molecule has 0 aliphatic rings. The van der Waals surface area contributed by atoms with E-state index < -0.39 is 15.9 Å². The predicted octanol–water partition coefficient (Wildman–Crippen LogP) is -1.09. The molecule has 3 nitrogen and oxygen atoms in total.